The summed E-state index contributed by atoms with van der Waals surface area (Å²) in [5.41, 5.74) is 4.17. The molecule has 5 rings (SSSR count). The Morgan fingerprint density at radius 1 is 1.26 bits per heavy atom. The van der Waals surface area contributed by atoms with E-state index in [1.165, 1.54) is 18.4 Å². The Morgan fingerprint density at radius 3 is 2.67 bits per heavy atom. The number of hydrogen-bond donors (Lipinski definition) is 0. The van der Waals surface area contributed by atoms with Gasteiger partial charge in [-0.1, -0.05) is 29.8 Å². The van der Waals surface area contributed by atoms with Gasteiger partial charge in [0.05, 0.1) is 21.9 Å². The fraction of sp³-hybridized carbons (Fsp3) is 0.364. The molecule has 0 aliphatic heterocycles. The third kappa shape index (κ3) is 2.96. The Balaban J connectivity index is 1.81. The minimum Gasteiger partial charge on any atom is -0.259 e. The molecule has 27 heavy (non-hydrogen) atoms. The van der Waals surface area contributed by atoms with E-state index in [0.29, 0.717) is 35.2 Å². The van der Waals surface area contributed by atoms with Crippen LogP contribution in [0.2, 0.25) is 5.02 Å². The average molecular weight is 383 g/mol. The van der Waals surface area contributed by atoms with Crippen LogP contribution in [0.25, 0.3) is 16.6 Å². The molecule has 0 radical (unpaired) electrons. The number of benzene rings is 2. The average Bonchev–Trinajstić information content (AvgIpc) is 3.54. The second-order valence-corrected chi connectivity index (χ2v) is 8.26. The first-order chi connectivity index (χ1) is 13.0. The van der Waals surface area contributed by atoms with E-state index >= 15 is 0 Å². The Kier molecular flexibility index (Phi) is 3.87. The summed E-state index contributed by atoms with van der Waals surface area (Å²) in [7, 11) is 0. The van der Waals surface area contributed by atoms with Crippen molar-refractivity contribution in [1.82, 2.24) is 9.55 Å². The summed E-state index contributed by atoms with van der Waals surface area (Å²) in [4.78, 5) is 17.4. The minimum atomic E-state index is -0.765. The van der Waals surface area contributed by atoms with E-state index < -0.39 is 6.17 Å². The highest BCUT2D eigenvalue weighted by Crippen LogP contribution is 2.43. The van der Waals surface area contributed by atoms with E-state index in [0.717, 1.165) is 16.5 Å². The number of para-hydroxylation sites is 1. The van der Waals surface area contributed by atoms with E-state index in [9.17, 15) is 9.18 Å². The van der Waals surface area contributed by atoms with Crippen molar-refractivity contribution >= 4 is 22.5 Å². The molecule has 1 aromatic heterocycles. The molecule has 0 saturated heterocycles. The molecular formula is C22H20ClFN2O. The Hall–Kier alpha value is -2.20. The van der Waals surface area contributed by atoms with Gasteiger partial charge in [-0.3, -0.25) is 4.57 Å². The van der Waals surface area contributed by atoms with E-state index in [2.05, 4.69) is 24.0 Å². The summed E-state index contributed by atoms with van der Waals surface area (Å²) in [5.74, 6) is 0.553. The van der Waals surface area contributed by atoms with Gasteiger partial charge in [-0.2, -0.15) is 4.98 Å². The highest BCUT2D eigenvalue weighted by atomic mass is 35.5. The number of alkyl halides is 1. The monoisotopic (exact) mass is 382 g/mol. The van der Waals surface area contributed by atoms with Crippen LogP contribution in [0, 0.1) is 12.8 Å². The summed E-state index contributed by atoms with van der Waals surface area (Å²) in [5, 5.41) is 1.47. The first kappa shape index (κ1) is 16.9. The molecule has 5 heteroatoms. The van der Waals surface area contributed by atoms with Crippen LogP contribution in [0.4, 0.5) is 4.39 Å². The predicted molar refractivity (Wildman–Crippen MR) is 106 cm³/mol. The zero-order chi connectivity index (χ0) is 18.7. The van der Waals surface area contributed by atoms with E-state index in [4.69, 9.17) is 11.6 Å². The largest absolute Gasteiger partial charge is 0.352 e. The summed E-state index contributed by atoms with van der Waals surface area (Å²) in [6.45, 7) is 2.06. The number of nitrogens with zero attached hydrogens (tertiary/aromatic N) is 2. The number of aromatic nitrogens is 2. The van der Waals surface area contributed by atoms with Gasteiger partial charge in [-0.05, 0) is 73.8 Å². The van der Waals surface area contributed by atoms with Crippen molar-refractivity contribution in [3.8, 4) is 5.69 Å². The lowest BCUT2D eigenvalue weighted by molar-refractivity contribution is 0.444. The molecule has 3 aromatic rings. The maximum Gasteiger partial charge on any atom is 0.352 e. The molecule has 0 amide bonds. The standard InChI is InChI=1S/C22H20ClFN2O/c1-12-8-14(13-6-7-13)11-20-21(12)18(10-15-9-17(15)24)25-22(27)26(20)19-5-3-2-4-16(19)23/h2-5,8,11,13,15,17H,6-7,9-10H2,1H3/t15-,17-/m1/s1. The molecule has 2 aliphatic carbocycles. The number of aryl methyl sites for hydroxylation is 1. The van der Waals surface area contributed by atoms with Crippen molar-refractivity contribution < 1.29 is 4.39 Å². The predicted octanol–water partition coefficient (Wildman–Crippen LogP) is 5.13. The molecule has 2 fully saturated rings. The third-order valence-electron chi connectivity index (χ3n) is 5.72. The number of fused-ring (bicyclic) bond motifs is 1. The molecule has 138 valence electrons. The molecule has 2 aliphatic rings. The summed E-state index contributed by atoms with van der Waals surface area (Å²) in [6.07, 6.45) is 2.68. The van der Waals surface area contributed by atoms with Gasteiger partial charge in [0.15, 0.2) is 0 Å². The van der Waals surface area contributed by atoms with Crippen molar-refractivity contribution in [2.75, 3.05) is 0 Å². The lowest BCUT2D eigenvalue weighted by Gasteiger charge is -2.17. The molecule has 0 spiro atoms. The third-order valence-corrected chi connectivity index (χ3v) is 6.04. The molecule has 2 saturated carbocycles. The first-order valence-corrected chi connectivity index (χ1v) is 9.86. The van der Waals surface area contributed by atoms with Crippen molar-refractivity contribution in [1.29, 1.82) is 0 Å². The van der Waals surface area contributed by atoms with Gasteiger partial charge in [0.1, 0.15) is 6.17 Å². The second-order valence-electron chi connectivity index (χ2n) is 7.85. The fourth-order valence-corrected chi connectivity index (χ4v) is 4.23. The topological polar surface area (TPSA) is 34.9 Å². The smallest absolute Gasteiger partial charge is 0.259 e. The number of halogens is 2. The van der Waals surface area contributed by atoms with Crippen LogP contribution in [0.15, 0.2) is 41.2 Å². The first-order valence-electron chi connectivity index (χ1n) is 9.48. The Morgan fingerprint density at radius 2 is 2.00 bits per heavy atom. The van der Waals surface area contributed by atoms with Crippen LogP contribution in [-0.2, 0) is 6.42 Å². The van der Waals surface area contributed by atoms with Crippen LogP contribution in [-0.4, -0.2) is 15.7 Å². The van der Waals surface area contributed by atoms with Gasteiger partial charge in [0, 0.05) is 5.39 Å². The van der Waals surface area contributed by atoms with Crippen LogP contribution in [0.3, 0.4) is 0 Å². The zero-order valence-corrected chi connectivity index (χ0v) is 15.8. The summed E-state index contributed by atoms with van der Waals surface area (Å²) < 4.78 is 15.1. The quantitative estimate of drug-likeness (QED) is 0.627. The second kappa shape index (κ2) is 6.16. The number of hydrogen-bond acceptors (Lipinski definition) is 2. The van der Waals surface area contributed by atoms with E-state index in [-0.39, 0.29) is 11.6 Å². The van der Waals surface area contributed by atoms with E-state index in [1.54, 1.807) is 10.6 Å². The normalized spacial score (nSPS) is 21.6. The van der Waals surface area contributed by atoms with Crippen LogP contribution in [0.1, 0.15) is 42.0 Å². The lowest BCUT2D eigenvalue weighted by atomic mass is 9.99. The SMILES string of the molecule is Cc1cc(C2CC2)cc2c1c(C[C@H]1C[C@H]1F)nc(=O)n2-c1ccccc1Cl. The molecule has 1 heterocycles. The van der Waals surface area contributed by atoms with Gasteiger partial charge in [-0.25, -0.2) is 9.18 Å². The molecule has 0 N–H and O–H groups in total. The van der Waals surface area contributed by atoms with Crippen LogP contribution >= 0.6 is 11.6 Å². The lowest BCUT2D eigenvalue weighted by Crippen LogP contribution is -2.24. The maximum absolute atomic E-state index is 13.5. The van der Waals surface area contributed by atoms with Gasteiger partial charge in [0.25, 0.3) is 0 Å². The van der Waals surface area contributed by atoms with Gasteiger partial charge >= 0.3 is 5.69 Å². The number of rotatable bonds is 4. The maximum atomic E-state index is 13.5. The summed E-state index contributed by atoms with van der Waals surface area (Å²) in [6, 6.07) is 11.6. The zero-order valence-electron chi connectivity index (χ0n) is 15.1. The highest BCUT2D eigenvalue weighted by Gasteiger charge is 2.38. The van der Waals surface area contributed by atoms with Crippen LogP contribution in [0.5, 0.6) is 0 Å². The van der Waals surface area contributed by atoms with Crippen molar-refractivity contribution in [3.05, 3.63) is 68.7 Å². The fourth-order valence-electron chi connectivity index (χ4n) is 4.01. The van der Waals surface area contributed by atoms with Crippen molar-refractivity contribution in [2.45, 2.75) is 44.7 Å². The molecule has 2 aromatic carbocycles. The van der Waals surface area contributed by atoms with Gasteiger partial charge in [0.2, 0.25) is 0 Å². The molecule has 3 nitrogen and oxygen atoms in total. The highest BCUT2D eigenvalue weighted by molar-refractivity contribution is 6.32. The van der Waals surface area contributed by atoms with Crippen molar-refractivity contribution in [3.63, 3.8) is 0 Å². The summed E-state index contributed by atoms with van der Waals surface area (Å²) >= 11 is 6.40. The molecule has 0 bridgehead atoms. The minimum absolute atomic E-state index is 0.0150. The Labute approximate surface area is 161 Å². The van der Waals surface area contributed by atoms with Gasteiger partial charge in [-0.15, -0.1) is 0 Å². The molecule has 0 unspecified atom stereocenters. The molecular weight excluding hydrogens is 363 g/mol. The Bertz CT molecular complexity index is 1120. The van der Waals surface area contributed by atoms with Crippen LogP contribution < -0.4 is 5.69 Å². The van der Waals surface area contributed by atoms with E-state index in [1.807, 2.05) is 18.2 Å². The van der Waals surface area contributed by atoms with Gasteiger partial charge < -0.3 is 0 Å². The van der Waals surface area contributed by atoms with Crippen molar-refractivity contribution in [2.24, 2.45) is 5.92 Å². The molecule has 2 atom stereocenters.